The number of alkyl halides is 1. The van der Waals surface area contributed by atoms with Gasteiger partial charge >= 0.3 is 0 Å². The first kappa shape index (κ1) is 20.8. The quantitative estimate of drug-likeness (QED) is 0.397. The maximum atomic E-state index is 5.47. The smallest absolute Gasteiger partial charge is 0.169 e. The fourth-order valence-corrected chi connectivity index (χ4v) is 6.60. The van der Waals surface area contributed by atoms with Crippen LogP contribution in [-0.4, -0.2) is 24.3 Å². The van der Waals surface area contributed by atoms with Crippen molar-refractivity contribution in [3.63, 3.8) is 0 Å². The fourth-order valence-electron chi connectivity index (χ4n) is 3.84. The van der Waals surface area contributed by atoms with E-state index in [0.717, 1.165) is 37.3 Å². The van der Waals surface area contributed by atoms with Crippen LogP contribution in [-0.2, 0) is 9.47 Å². The molecule has 0 amide bonds. The van der Waals surface area contributed by atoms with Crippen molar-refractivity contribution >= 4 is 39.8 Å². The molecule has 1 aliphatic carbocycles. The Morgan fingerprint density at radius 1 is 0.690 bits per heavy atom. The molecule has 150 valence electrons. The van der Waals surface area contributed by atoms with E-state index >= 15 is 0 Å². The SMILES string of the molecule is BrCC1CC2(C1)OCCO2.c1ccc(P(c2ccccc2)c2ccccc2)cc1. The van der Waals surface area contributed by atoms with Crippen molar-refractivity contribution < 1.29 is 9.47 Å². The van der Waals surface area contributed by atoms with Crippen molar-refractivity contribution in [2.75, 3.05) is 18.5 Å². The molecule has 29 heavy (non-hydrogen) atoms. The molecule has 3 aromatic carbocycles. The van der Waals surface area contributed by atoms with Crippen LogP contribution in [0.15, 0.2) is 91.0 Å². The van der Waals surface area contributed by atoms with Crippen molar-refractivity contribution in [3.8, 4) is 0 Å². The van der Waals surface area contributed by atoms with Gasteiger partial charge in [-0.2, -0.15) is 0 Å². The van der Waals surface area contributed by atoms with Crippen LogP contribution in [0.5, 0.6) is 0 Å². The normalized spacial score (nSPS) is 17.6. The summed E-state index contributed by atoms with van der Waals surface area (Å²) in [6, 6.07) is 32.3. The Morgan fingerprint density at radius 2 is 1.07 bits per heavy atom. The first-order valence-electron chi connectivity index (χ1n) is 10.1. The lowest BCUT2D eigenvalue weighted by atomic mass is 9.80. The highest BCUT2D eigenvalue weighted by Gasteiger charge is 2.48. The van der Waals surface area contributed by atoms with Gasteiger partial charge in [0.1, 0.15) is 0 Å². The van der Waals surface area contributed by atoms with Crippen molar-refractivity contribution in [3.05, 3.63) is 91.0 Å². The van der Waals surface area contributed by atoms with E-state index in [1.54, 1.807) is 0 Å². The summed E-state index contributed by atoms with van der Waals surface area (Å²) in [7, 11) is -0.446. The van der Waals surface area contributed by atoms with Crippen LogP contribution in [0.25, 0.3) is 0 Å². The van der Waals surface area contributed by atoms with Crippen LogP contribution < -0.4 is 15.9 Å². The summed E-state index contributed by atoms with van der Waals surface area (Å²) in [5.41, 5.74) is 0. The highest BCUT2D eigenvalue weighted by atomic mass is 79.9. The zero-order valence-corrected chi connectivity index (χ0v) is 18.9. The van der Waals surface area contributed by atoms with Crippen molar-refractivity contribution in [1.29, 1.82) is 0 Å². The van der Waals surface area contributed by atoms with E-state index in [1.807, 2.05) is 0 Å². The Kier molecular flexibility index (Phi) is 7.15. The third kappa shape index (κ3) is 5.16. The maximum Gasteiger partial charge on any atom is 0.169 e. The minimum atomic E-state index is -0.446. The number of rotatable bonds is 4. The fraction of sp³-hybridized carbons (Fsp3) is 0.280. The average molecular weight is 469 g/mol. The molecule has 1 aliphatic heterocycles. The molecule has 0 radical (unpaired) electrons. The molecule has 0 atom stereocenters. The molecule has 1 saturated carbocycles. The van der Waals surface area contributed by atoms with Gasteiger partial charge in [0, 0.05) is 18.2 Å². The molecular weight excluding hydrogens is 443 g/mol. The number of ether oxygens (including phenoxy) is 2. The van der Waals surface area contributed by atoms with Gasteiger partial charge < -0.3 is 9.47 Å². The van der Waals surface area contributed by atoms with Gasteiger partial charge in [0.05, 0.1) is 13.2 Å². The third-order valence-electron chi connectivity index (χ3n) is 5.27. The molecule has 0 aromatic heterocycles. The molecule has 2 aliphatic rings. The molecule has 5 rings (SSSR count). The minimum absolute atomic E-state index is 0.140. The van der Waals surface area contributed by atoms with Gasteiger partial charge in [-0.3, -0.25) is 0 Å². The summed E-state index contributed by atoms with van der Waals surface area (Å²) >= 11 is 3.45. The van der Waals surface area contributed by atoms with E-state index in [9.17, 15) is 0 Å². The summed E-state index contributed by atoms with van der Waals surface area (Å²) in [6.45, 7) is 1.57. The zero-order valence-electron chi connectivity index (χ0n) is 16.4. The van der Waals surface area contributed by atoms with Crippen molar-refractivity contribution in [2.45, 2.75) is 18.6 Å². The van der Waals surface area contributed by atoms with Gasteiger partial charge in [-0.1, -0.05) is 107 Å². The Balaban J connectivity index is 0.000000171. The lowest BCUT2D eigenvalue weighted by Crippen LogP contribution is -2.45. The van der Waals surface area contributed by atoms with Crippen LogP contribution in [0.1, 0.15) is 12.8 Å². The number of hydrogen-bond donors (Lipinski definition) is 0. The van der Waals surface area contributed by atoms with Gasteiger partial charge in [0.15, 0.2) is 5.79 Å². The van der Waals surface area contributed by atoms with E-state index < -0.39 is 7.92 Å². The Bertz CT molecular complexity index is 765. The summed E-state index contributed by atoms with van der Waals surface area (Å²) in [5.74, 6) is 0.636. The molecule has 0 bridgehead atoms. The summed E-state index contributed by atoms with van der Waals surface area (Å²) in [4.78, 5) is 0. The monoisotopic (exact) mass is 468 g/mol. The average Bonchev–Trinajstić information content (AvgIpc) is 3.26. The second kappa shape index (κ2) is 10.00. The summed E-state index contributed by atoms with van der Waals surface area (Å²) in [6.07, 6.45) is 2.16. The van der Waals surface area contributed by atoms with Gasteiger partial charge in [-0.15, -0.1) is 0 Å². The Morgan fingerprint density at radius 3 is 1.41 bits per heavy atom. The van der Waals surface area contributed by atoms with Gasteiger partial charge in [0.25, 0.3) is 0 Å². The Labute approximate surface area is 183 Å². The van der Waals surface area contributed by atoms with Crippen molar-refractivity contribution in [2.24, 2.45) is 5.92 Å². The number of benzene rings is 3. The van der Waals surface area contributed by atoms with Crippen LogP contribution >= 0.6 is 23.9 Å². The predicted octanol–water partition coefficient (Wildman–Crippen LogP) is 4.98. The molecule has 1 spiro atoms. The predicted molar refractivity (Wildman–Crippen MR) is 126 cm³/mol. The van der Waals surface area contributed by atoms with Crippen molar-refractivity contribution in [1.82, 2.24) is 0 Å². The molecule has 4 heteroatoms. The van der Waals surface area contributed by atoms with E-state index in [1.165, 1.54) is 15.9 Å². The van der Waals surface area contributed by atoms with Crippen LogP contribution in [0.3, 0.4) is 0 Å². The number of halogens is 1. The summed E-state index contributed by atoms with van der Waals surface area (Å²) in [5, 5.41) is 5.28. The van der Waals surface area contributed by atoms with E-state index in [2.05, 4.69) is 107 Å². The molecule has 2 fully saturated rings. The highest BCUT2D eigenvalue weighted by Crippen LogP contribution is 2.44. The molecule has 1 heterocycles. The van der Waals surface area contributed by atoms with Crippen LogP contribution in [0.4, 0.5) is 0 Å². The summed E-state index contributed by atoms with van der Waals surface area (Å²) < 4.78 is 10.9. The first-order valence-corrected chi connectivity index (χ1v) is 12.6. The van der Waals surface area contributed by atoms with Gasteiger partial charge in [-0.05, 0) is 29.8 Å². The second-order valence-corrected chi connectivity index (χ2v) is 10.2. The van der Waals surface area contributed by atoms with Crippen LogP contribution in [0.2, 0.25) is 0 Å². The zero-order chi connectivity index (χ0) is 19.9. The standard InChI is InChI=1S/C18H15P.C7H11BrO2/c1-4-10-16(11-5-1)19(17-12-6-2-7-13-17)18-14-8-3-9-15-18;8-5-6-3-7(4-6)9-1-2-10-7/h1-15H;6H,1-5H2. The Hall–Kier alpha value is -1.51. The number of hydrogen-bond acceptors (Lipinski definition) is 2. The largest absolute Gasteiger partial charge is 0.348 e. The van der Waals surface area contributed by atoms with Gasteiger partial charge in [0.2, 0.25) is 0 Å². The van der Waals surface area contributed by atoms with Crippen LogP contribution in [0, 0.1) is 5.92 Å². The second-order valence-electron chi connectivity index (χ2n) is 7.38. The molecule has 3 aromatic rings. The third-order valence-corrected chi connectivity index (χ3v) is 8.63. The molecule has 2 nitrogen and oxygen atoms in total. The van der Waals surface area contributed by atoms with E-state index in [0.29, 0.717) is 0 Å². The lowest BCUT2D eigenvalue weighted by Gasteiger charge is -2.42. The lowest BCUT2D eigenvalue weighted by molar-refractivity contribution is -0.226. The topological polar surface area (TPSA) is 18.5 Å². The molecule has 0 unspecified atom stereocenters. The van der Waals surface area contributed by atoms with Gasteiger partial charge in [-0.25, -0.2) is 0 Å². The highest BCUT2D eigenvalue weighted by molar-refractivity contribution is 9.09. The molecule has 1 saturated heterocycles. The minimum Gasteiger partial charge on any atom is -0.348 e. The van der Waals surface area contributed by atoms with E-state index in [-0.39, 0.29) is 5.79 Å². The first-order chi connectivity index (χ1) is 14.3. The maximum absolute atomic E-state index is 5.47. The molecule has 0 N–H and O–H groups in total. The molecular formula is C25H26BrO2P. The van der Waals surface area contributed by atoms with E-state index in [4.69, 9.17) is 9.47 Å².